The molecule has 4 fully saturated rings. The average molecular weight is 487 g/mol. The van der Waals surface area contributed by atoms with Crippen LogP contribution in [0.25, 0.3) is 0 Å². The van der Waals surface area contributed by atoms with Crippen LogP contribution in [-0.4, -0.2) is 35.5 Å². The molecule has 198 valence electrons. The average Bonchev–Trinajstić information content (AvgIpc) is 2.76. The second-order valence-electron chi connectivity index (χ2n) is 15.4. The molecule has 5 aliphatic carbocycles. The van der Waals surface area contributed by atoms with Crippen molar-refractivity contribution in [3.05, 3.63) is 11.6 Å². The summed E-state index contributed by atoms with van der Waals surface area (Å²) < 4.78 is 5.47. The van der Waals surface area contributed by atoms with E-state index >= 15 is 0 Å². The van der Waals surface area contributed by atoms with Crippen molar-refractivity contribution in [2.24, 2.45) is 50.2 Å². The maximum atomic E-state index is 13.4. The number of carbonyl (C=O) groups is 1. The molecule has 4 saturated carbocycles. The van der Waals surface area contributed by atoms with Gasteiger partial charge in [-0.25, -0.2) is 0 Å². The minimum Gasteiger partial charge on any atom is -0.469 e. The van der Waals surface area contributed by atoms with E-state index in [0.717, 1.165) is 57.8 Å². The molecule has 9 unspecified atom stereocenters. The Balaban J connectivity index is 1.62. The molecule has 0 aromatic carbocycles. The normalized spacial score (nSPS) is 52.2. The van der Waals surface area contributed by atoms with Crippen LogP contribution >= 0.6 is 0 Å². The van der Waals surface area contributed by atoms with Crippen LogP contribution in [0.2, 0.25) is 0 Å². The number of methoxy groups -OCH3 is 1. The van der Waals surface area contributed by atoms with Gasteiger partial charge in [0.2, 0.25) is 0 Å². The zero-order chi connectivity index (χ0) is 25.8. The molecule has 4 nitrogen and oxygen atoms in total. The van der Waals surface area contributed by atoms with Crippen molar-refractivity contribution in [1.82, 2.24) is 0 Å². The molecule has 0 aromatic heterocycles. The van der Waals surface area contributed by atoms with Gasteiger partial charge in [-0.15, -0.1) is 0 Å². The van der Waals surface area contributed by atoms with Crippen LogP contribution in [0.5, 0.6) is 0 Å². The topological polar surface area (TPSA) is 66.8 Å². The summed E-state index contributed by atoms with van der Waals surface area (Å²) >= 11 is 0. The lowest BCUT2D eigenvalue weighted by Gasteiger charge is -2.72. The van der Waals surface area contributed by atoms with E-state index in [-0.39, 0.29) is 51.0 Å². The second-order valence-corrected chi connectivity index (χ2v) is 15.4. The van der Waals surface area contributed by atoms with Gasteiger partial charge >= 0.3 is 5.97 Å². The molecule has 0 aromatic rings. The molecule has 9 atom stereocenters. The van der Waals surface area contributed by atoms with Gasteiger partial charge < -0.3 is 14.9 Å². The Bertz CT molecular complexity index is 934. The Labute approximate surface area is 213 Å². The number of hydrogen-bond donors (Lipinski definition) is 2. The van der Waals surface area contributed by atoms with Crippen molar-refractivity contribution in [2.75, 3.05) is 7.11 Å². The third kappa shape index (κ3) is 3.14. The molecule has 0 aliphatic heterocycles. The van der Waals surface area contributed by atoms with Crippen LogP contribution in [0.4, 0.5) is 0 Å². The highest BCUT2D eigenvalue weighted by atomic mass is 16.5. The second kappa shape index (κ2) is 7.59. The number of aliphatic hydroxyl groups is 2. The first-order chi connectivity index (χ1) is 16.1. The minimum atomic E-state index is -0.419. The lowest BCUT2D eigenvalue weighted by Crippen LogP contribution is -2.68. The van der Waals surface area contributed by atoms with Crippen molar-refractivity contribution in [3.63, 3.8) is 0 Å². The molecule has 35 heavy (non-hydrogen) atoms. The quantitative estimate of drug-likeness (QED) is 0.337. The molecule has 5 aliphatic rings. The fraction of sp³-hybridized carbons (Fsp3) is 0.903. The van der Waals surface area contributed by atoms with E-state index < -0.39 is 11.5 Å². The summed E-state index contributed by atoms with van der Waals surface area (Å²) in [5.41, 5.74) is 0.929. The highest BCUT2D eigenvalue weighted by Crippen LogP contribution is 2.75. The Morgan fingerprint density at radius 2 is 1.60 bits per heavy atom. The van der Waals surface area contributed by atoms with Gasteiger partial charge in [0, 0.05) is 0 Å². The molecule has 0 saturated heterocycles. The van der Waals surface area contributed by atoms with Crippen LogP contribution in [-0.2, 0) is 9.53 Å². The number of fused-ring (bicyclic) bond motifs is 7. The zero-order valence-corrected chi connectivity index (χ0v) is 23.5. The van der Waals surface area contributed by atoms with Crippen LogP contribution in [0, 0.1) is 50.2 Å². The summed E-state index contributed by atoms with van der Waals surface area (Å²) in [6.45, 7) is 16.4. The molecular formula is C31H50O4. The lowest BCUT2D eigenvalue weighted by molar-refractivity contribution is -0.242. The number of aliphatic hydroxyl groups excluding tert-OH is 2. The monoisotopic (exact) mass is 486 g/mol. The Kier molecular flexibility index (Phi) is 5.59. The van der Waals surface area contributed by atoms with Crippen molar-refractivity contribution < 1.29 is 19.7 Å². The zero-order valence-electron chi connectivity index (χ0n) is 23.5. The number of allylic oxidation sites excluding steroid dienone is 2. The first kappa shape index (κ1) is 25.8. The van der Waals surface area contributed by atoms with Gasteiger partial charge in [-0.05, 0) is 103 Å². The summed E-state index contributed by atoms with van der Waals surface area (Å²) in [6, 6.07) is 0. The fourth-order valence-corrected chi connectivity index (χ4v) is 11.0. The number of ether oxygens (including phenoxy) is 1. The predicted octanol–water partition coefficient (Wildman–Crippen LogP) is 6.29. The molecule has 2 N–H and O–H groups in total. The summed E-state index contributed by atoms with van der Waals surface area (Å²) in [5, 5.41) is 22.7. The van der Waals surface area contributed by atoms with Crippen molar-refractivity contribution >= 4 is 5.97 Å². The van der Waals surface area contributed by atoms with Gasteiger partial charge in [0.15, 0.2) is 0 Å². The Morgan fingerprint density at radius 1 is 0.943 bits per heavy atom. The first-order valence-electron chi connectivity index (χ1n) is 14.2. The molecule has 4 heteroatoms. The molecule has 5 rings (SSSR count). The molecule has 0 bridgehead atoms. The van der Waals surface area contributed by atoms with Gasteiger partial charge in [0.1, 0.15) is 0 Å². The lowest BCUT2D eigenvalue weighted by atomic mass is 9.33. The van der Waals surface area contributed by atoms with E-state index in [1.807, 2.05) is 0 Å². The third-order valence-corrected chi connectivity index (χ3v) is 13.1. The van der Waals surface area contributed by atoms with Crippen molar-refractivity contribution in [1.29, 1.82) is 0 Å². The van der Waals surface area contributed by atoms with E-state index in [4.69, 9.17) is 4.74 Å². The van der Waals surface area contributed by atoms with Gasteiger partial charge in [0.05, 0.1) is 24.7 Å². The standard InChI is InChI=1S/C31H50O4/c1-26(2)13-15-31(25(34)35-8)16-14-29(6)19(20(31)17-26)9-10-22-28(5)12-11-23(33)27(3,4)24(28)21(32)18-30(22,29)7/h9,20-24,32-33H,10-18H2,1-8H3. The fourth-order valence-electron chi connectivity index (χ4n) is 11.0. The molecule has 0 spiro atoms. The summed E-state index contributed by atoms with van der Waals surface area (Å²) in [4.78, 5) is 13.4. The highest BCUT2D eigenvalue weighted by Gasteiger charge is 2.71. The van der Waals surface area contributed by atoms with Gasteiger partial charge in [-0.3, -0.25) is 4.79 Å². The highest BCUT2D eigenvalue weighted by molar-refractivity contribution is 5.78. The van der Waals surface area contributed by atoms with Crippen molar-refractivity contribution in [3.8, 4) is 0 Å². The van der Waals surface area contributed by atoms with E-state index in [9.17, 15) is 15.0 Å². The summed E-state index contributed by atoms with van der Waals surface area (Å²) in [6.07, 6.45) is 10.2. The van der Waals surface area contributed by atoms with Gasteiger partial charge in [0.25, 0.3) is 0 Å². The summed E-state index contributed by atoms with van der Waals surface area (Å²) in [5.74, 6) is 0.780. The third-order valence-electron chi connectivity index (χ3n) is 13.1. The molecule has 0 heterocycles. The largest absolute Gasteiger partial charge is 0.469 e. The van der Waals surface area contributed by atoms with Crippen LogP contribution in [0.15, 0.2) is 11.6 Å². The Hall–Kier alpha value is -0.870. The predicted molar refractivity (Wildman–Crippen MR) is 138 cm³/mol. The maximum absolute atomic E-state index is 13.4. The van der Waals surface area contributed by atoms with Crippen molar-refractivity contribution in [2.45, 2.75) is 118 Å². The van der Waals surface area contributed by atoms with Crippen LogP contribution < -0.4 is 0 Å². The number of esters is 1. The van der Waals surface area contributed by atoms with E-state index in [0.29, 0.717) is 5.92 Å². The van der Waals surface area contributed by atoms with Gasteiger partial charge in [-0.1, -0.05) is 60.1 Å². The molecule has 0 radical (unpaired) electrons. The minimum absolute atomic E-state index is 0.00745. The summed E-state index contributed by atoms with van der Waals surface area (Å²) in [7, 11) is 1.56. The van der Waals surface area contributed by atoms with Crippen LogP contribution in [0.3, 0.4) is 0 Å². The number of hydrogen-bond acceptors (Lipinski definition) is 4. The molecular weight excluding hydrogens is 436 g/mol. The maximum Gasteiger partial charge on any atom is 0.312 e. The SMILES string of the molecule is COC(=O)C12CCC(C)(C)CC1C1=CCC3C4(C)CCC(O)C(C)(C)C4C(O)CC3(C)C1(C)CC2. The smallest absolute Gasteiger partial charge is 0.312 e. The Morgan fingerprint density at radius 3 is 2.26 bits per heavy atom. The molecule has 0 amide bonds. The van der Waals surface area contributed by atoms with Gasteiger partial charge in [-0.2, -0.15) is 0 Å². The van der Waals surface area contributed by atoms with Crippen LogP contribution in [0.1, 0.15) is 106 Å². The van der Waals surface area contributed by atoms with E-state index in [1.54, 1.807) is 7.11 Å². The number of rotatable bonds is 1. The number of carbonyl (C=O) groups excluding carboxylic acids is 1. The van der Waals surface area contributed by atoms with E-state index in [1.165, 1.54) is 5.57 Å². The first-order valence-corrected chi connectivity index (χ1v) is 14.2. The van der Waals surface area contributed by atoms with E-state index in [2.05, 4.69) is 54.5 Å².